The second-order valence-corrected chi connectivity index (χ2v) is 12.6. The molecule has 0 aliphatic carbocycles. The molecule has 0 radical (unpaired) electrons. The number of anilines is 1. The van der Waals surface area contributed by atoms with E-state index in [2.05, 4.69) is 5.32 Å². The molecule has 0 aliphatic rings. The number of rotatable bonds is 11. The van der Waals surface area contributed by atoms with Crippen molar-refractivity contribution in [3.05, 3.63) is 93.5 Å². The van der Waals surface area contributed by atoms with Gasteiger partial charge in [-0.15, -0.1) is 0 Å². The summed E-state index contributed by atoms with van der Waals surface area (Å²) in [7, 11) is -4.17. The first-order chi connectivity index (χ1) is 18.8. The van der Waals surface area contributed by atoms with E-state index in [1.165, 1.54) is 29.2 Å². The molecule has 0 heterocycles. The summed E-state index contributed by atoms with van der Waals surface area (Å²) < 4.78 is 28.9. The molecule has 0 saturated carbocycles. The second kappa shape index (κ2) is 13.5. The van der Waals surface area contributed by atoms with Gasteiger partial charge in [0, 0.05) is 22.6 Å². The summed E-state index contributed by atoms with van der Waals surface area (Å²) in [5.41, 5.74) is 2.95. The van der Waals surface area contributed by atoms with Gasteiger partial charge in [-0.05, 0) is 99.3 Å². The van der Waals surface area contributed by atoms with Crippen LogP contribution in [-0.2, 0) is 26.2 Å². The van der Waals surface area contributed by atoms with Gasteiger partial charge in [-0.2, -0.15) is 0 Å². The van der Waals surface area contributed by atoms with Crippen molar-refractivity contribution in [3.63, 3.8) is 0 Å². The predicted octanol–water partition coefficient (Wildman–Crippen LogP) is 6.14. The molecule has 2 unspecified atom stereocenters. The van der Waals surface area contributed by atoms with Crippen molar-refractivity contribution < 1.29 is 18.0 Å². The van der Waals surface area contributed by atoms with Crippen molar-refractivity contribution >= 4 is 50.7 Å². The fraction of sp³-hybridized carbons (Fsp3) is 0.333. The number of nitrogens with zero attached hydrogens (tertiary/aromatic N) is 2. The van der Waals surface area contributed by atoms with Gasteiger partial charge in [0.1, 0.15) is 12.6 Å². The molecular weight excluding hydrogens is 569 g/mol. The summed E-state index contributed by atoms with van der Waals surface area (Å²) in [6.07, 6.45) is 0.726. The lowest BCUT2D eigenvalue weighted by atomic mass is 10.1. The Labute approximate surface area is 247 Å². The molecule has 0 fully saturated rings. The molecule has 7 nitrogen and oxygen atoms in total. The Morgan fingerprint density at radius 1 is 0.875 bits per heavy atom. The average Bonchev–Trinajstić information content (AvgIpc) is 2.92. The van der Waals surface area contributed by atoms with Crippen molar-refractivity contribution in [2.24, 2.45) is 0 Å². The van der Waals surface area contributed by atoms with Gasteiger partial charge in [0.25, 0.3) is 10.0 Å². The number of carbonyl (C=O) groups excluding carboxylic acids is 2. The van der Waals surface area contributed by atoms with Crippen molar-refractivity contribution in [3.8, 4) is 0 Å². The van der Waals surface area contributed by atoms with Crippen LogP contribution in [0.3, 0.4) is 0 Å². The summed E-state index contributed by atoms with van der Waals surface area (Å²) >= 11 is 12.1. The number of hydrogen-bond acceptors (Lipinski definition) is 4. The predicted molar refractivity (Wildman–Crippen MR) is 161 cm³/mol. The maximum atomic E-state index is 14.0. The molecule has 3 aromatic rings. The van der Waals surface area contributed by atoms with E-state index in [1.807, 2.05) is 33.8 Å². The van der Waals surface area contributed by atoms with Crippen LogP contribution in [0.15, 0.2) is 71.6 Å². The minimum Gasteiger partial charge on any atom is -0.352 e. The van der Waals surface area contributed by atoms with Gasteiger partial charge in [-0.25, -0.2) is 8.42 Å². The highest BCUT2D eigenvalue weighted by Crippen LogP contribution is 2.27. The summed E-state index contributed by atoms with van der Waals surface area (Å²) in [4.78, 5) is 28.5. The summed E-state index contributed by atoms with van der Waals surface area (Å²) in [6, 6.07) is 17.0. The number of hydrogen-bond donors (Lipinski definition) is 1. The normalized spacial score (nSPS) is 12.9. The molecule has 214 valence electrons. The lowest BCUT2D eigenvalue weighted by Gasteiger charge is -2.32. The lowest BCUT2D eigenvalue weighted by molar-refractivity contribution is -0.139. The van der Waals surface area contributed by atoms with Gasteiger partial charge in [0.05, 0.1) is 10.6 Å². The van der Waals surface area contributed by atoms with E-state index in [1.54, 1.807) is 43.3 Å². The topological polar surface area (TPSA) is 86.8 Å². The highest BCUT2D eigenvalue weighted by atomic mass is 35.5. The molecule has 40 heavy (non-hydrogen) atoms. The van der Waals surface area contributed by atoms with Crippen LogP contribution in [0.25, 0.3) is 0 Å². The number of nitrogens with one attached hydrogen (secondary N) is 1. The average molecular weight is 605 g/mol. The Morgan fingerprint density at radius 3 is 2.00 bits per heavy atom. The molecule has 10 heteroatoms. The molecule has 0 aliphatic heterocycles. The van der Waals surface area contributed by atoms with Crippen LogP contribution in [0.2, 0.25) is 10.0 Å². The smallest absolute Gasteiger partial charge is 0.264 e. The quantitative estimate of drug-likeness (QED) is 0.285. The first-order valence-corrected chi connectivity index (χ1v) is 15.2. The Kier molecular flexibility index (Phi) is 10.6. The second-order valence-electron chi connectivity index (χ2n) is 9.88. The zero-order chi connectivity index (χ0) is 29.6. The van der Waals surface area contributed by atoms with E-state index < -0.39 is 28.5 Å². The Balaban J connectivity index is 2.04. The Hall–Kier alpha value is -3.07. The fourth-order valence-corrected chi connectivity index (χ4v) is 5.64. The minimum atomic E-state index is -4.17. The lowest BCUT2D eigenvalue weighted by Crippen LogP contribution is -2.52. The number of aryl methyl sites for hydroxylation is 2. The molecule has 3 rings (SSSR count). The van der Waals surface area contributed by atoms with E-state index in [9.17, 15) is 18.0 Å². The van der Waals surface area contributed by atoms with Crippen molar-refractivity contribution in [2.75, 3.05) is 10.8 Å². The Bertz CT molecular complexity index is 1440. The van der Waals surface area contributed by atoms with E-state index in [0.717, 1.165) is 27.4 Å². The van der Waals surface area contributed by atoms with Gasteiger partial charge in [0.2, 0.25) is 11.8 Å². The number of benzene rings is 3. The zero-order valence-corrected chi connectivity index (χ0v) is 25.6. The third-order valence-corrected chi connectivity index (χ3v) is 9.19. The molecule has 0 spiro atoms. The molecule has 3 aromatic carbocycles. The number of halogens is 2. The van der Waals surface area contributed by atoms with Gasteiger partial charge in [-0.3, -0.25) is 13.9 Å². The SMILES string of the molecule is CCC(C)NC(=O)C(C)N(Cc1ccc(Cl)cc1)C(=O)CN(c1ccc(C)c(C)c1)S(=O)(=O)c1ccc(Cl)cc1. The number of sulfonamides is 1. The van der Waals surface area contributed by atoms with Crippen LogP contribution >= 0.6 is 23.2 Å². The summed E-state index contributed by atoms with van der Waals surface area (Å²) in [5.74, 6) is -0.854. The molecule has 2 atom stereocenters. The van der Waals surface area contributed by atoms with Gasteiger partial charge in [0.15, 0.2) is 0 Å². The largest absolute Gasteiger partial charge is 0.352 e. The van der Waals surface area contributed by atoms with Crippen molar-refractivity contribution in [2.45, 2.75) is 64.6 Å². The standard InChI is InChI=1S/C30H35Cl2N3O4S/c1-6-22(4)33-30(37)23(5)34(18-24-8-10-25(31)11-9-24)29(36)19-35(27-14-7-20(2)21(3)17-27)40(38,39)28-15-12-26(32)13-16-28/h7-17,22-23H,6,18-19H2,1-5H3,(H,33,37). The van der Waals surface area contributed by atoms with Gasteiger partial charge >= 0.3 is 0 Å². The number of amides is 2. The maximum Gasteiger partial charge on any atom is 0.264 e. The first kappa shape index (κ1) is 31.5. The van der Waals surface area contributed by atoms with Crippen LogP contribution in [0.5, 0.6) is 0 Å². The van der Waals surface area contributed by atoms with Crippen molar-refractivity contribution in [1.29, 1.82) is 0 Å². The number of carbonyl (C=O) groups is 2. The Morgan fingerprint density at radius 2 is 1.45 bits per heavy atom. The summed E-state index contributed by atoms with van der Waals surface area (Å²) in [6.45, 7) is 8.86. The fourth-order valence-electron chi connectivity index (χ4n) is 3.98. The molecular formula is C30H35Cl2N3O4S. The zero-order valence-electron chi connectivity index (χ0n) is 23.3. The van der Waals surface area contributed by atoms with E-state index >= 15 is 0 Å². The third kappa shape index (κ3) is 7.77. The highest BCUT2D eigenvalue weighted by Gasteiger charge is 2.33. The van der Waals surface area contributed by atoms with Crippen LogP contribution in [0.4, 0.5) is 5.69 Å². The molecule has 1 N–H and O–H groups in total. The monoisotopic (exact) mass is 603 g/mol. The van der Waals surface area contributed by atoms with E-state index in [0.29, 0.717) is 15.7 Å². The van der Waals surface area contributed by atoms with Gasteiger partial charge < -0.3 is 10.2 Å². The van der Waals surface area contributed by atoms with E-state index in [4.69, 9.17) is 23.2 Å². The summed E-state index contributed by atoms with van der Waals surface area (Å²) in [5, 5.41) is 3.85. The minimum absolute atomic E-state index is 0.00487. The van der Waals surface area contributed by atoms with Crippen LogP contribution < -0.4 is 9.62 Å². The van der Waals surface area contributed by atoms with E-state index in [-0.39, 0.29) is 23.4 Å². The van der Waals surface area contributed by atoms with Crippen LogP contribution in [-0.4, -0.2) is 43.8 Å². The molecule has 0 bridgehead atoms. The van der Waals surface area contributed by atoms with Gasteiger partial charge in [-0.1, -0.05) is 48.3 Å². The molecule has 0 saturated heterocycles. The first-order valence-electron chi connectivity index (χ1n) is 13.0. The maximum absolute atomic E-state index is 14.0. The van der Waals surface area contributed by atoms with Crippen LogP contribution in [0, 0.1) is 13.8 Å². The molecule has 0 aromatic heterocycles. The molecule has 2 amide bonds. The third-order valence-electron chi connectivity index (χ3n) is 6.89. The highest BCUT2D eigenvalue weighted by molar-refractivity contribution is 7.92. The van der Waals surface area contributed by atoms with Crippen LogP contribution in [0.1, 0.15) is 43.9 Å². The van der Waals surface area contributed by atoms with Crippen molar-refractivity contribution in [1.82, 2.24) is 10.2 Å².